The van der Waals surface area contributed by atoms with Crippen LogP contribution in [0, 0.1) is 24.1 Å². The minimum Gasteiger partial charge on any atom is -0.489 e. The van der Waals surface area contributed by atoms with Crippen molar-refractivity contribution in [3.63, 3.8) is 0 Å². The monoisotopic (exact) mass is 285 g/mol. The number of aryl methyl sites for hydroxylation is 1. The third kappa shape index (κ3) is 3.18. The lowest BCUT2D eigenvalue weighted by Gasteiger charge is -2.10. The first kappa shape index (κ1) is 14.5. The second-order valence-electron chi connectivity index (χ2n) is 4.46. The topological polar surface area (TPSA) is 70.3 Å². The Morgan fingerprint density at radius 2 is 2.14 bits per heavy atom. The van der Waals surface area contributed by atoms with E-state index < -0.39 is 11.8 Å². The van der Waals surface area contributed by atoms with E-state index in [1.165, 1.54) is 30.3 Å². The fourth-order valence-electron chi connectivity index (χ4n) is 1.88. The number of nitrogens with zero attached hydrogens (tertiary/aromatic N) is 1. The first-order chi connectivity index (χ1) is 10.0. The zero-order valence-electron chi connectivity index (χ0n) is 11.3. The van der Waals surface area contributed by atoms with Crippen LogP contribution in [0.5, 0.6) is 5.75 Å². The maximum atomic E-state index is 13.9. The van der Waals surface area contributed by atoms with Crippen LogP contribution in [0.2, 0.25) is 0 Å². The van der Waals surface area contributed by atoms with Crippen LogP contribution in [0.25, 0.3) is 0 Å². The minimum atomic E-state index is -1.02. The summed E-state index contributed by atoms with van der Waals surface area (Å²) in [5.41, 5.74) is 1.05. The van der Waals surface area contributed by atoms with E-state index in [0.717, 1.165) is 0 Å². The number of nitriles is 1. The maximum Gasteiger partial charge on any atom is 0.335 e. The van der Waals surface area contributed by atoms with Gasteiger partial charge in [-0.25, -0.2) is 9.18 Å². The van der Waals surface area contributed by atoms with Gasteiger partial charge in [0.1, 0.15) is 24.2 Å². The fraction of sp³-hybridized carbons (Fsp3) is 0.125. The number of carboxylic acid groups (broad SMARTS) is 1. The highest BCUT2D eigenvalue weighted by molar-refractivity contribution is 5.88. The molecule has 0 fully saturated rings. The Balaban J connectivity index is 2.18. The summed E-state index contributed by atoms with van der Waals surface area (Å²) < 4.78 is 19.4. The van der Waals surface area contributed by atoms with Gasteiger partial charge in [0.15, 0.2) is 0 Å². The molecule has 5 heteroatoms. The summed E-state index contributed by atoms with van der Waals surface area (Å²) in [5.74, 6) is -1.14. The summed E-state index contributed by atoms with van der Waals surface area (Å²) in [4.78, 5) is 10.8. The van der Waals surface area contributed by atoms with E-state index in [-0.39, 0.29) is 23.3 Å². The van der Waals surface area contributed by atoms with E-state index in [2.05, 4.69) is 0 Å². The van der Waals surface area contributed by atoms with Gasteiger partial charge in [0.05, 0.1) is 11.1 Å². The number of hydrogen-bond acceptors (Lipinski definition) is 3. The van der Waals surface area contributed by atoms with E-state index in [4.69, 9.17) is 15.1 Å². The number of rotatable bonds is 4. The molecule has 0 amide bonds. The average molecular weight is 285 g/mol. The predicted octanol–water partition coefficient (Wildman–Crippen LogP) is 3.28. The molecule has 21 heavy (non-hydrogen) atoms. The molecule has 2 aromatic carbocycles. The first-order valence-corrected chi connectivity index (χ1v) is 6.17. The summed E-state index contributed by atoms with van der Waals surface area (Å²) >= 11 is 0. The van der Waals surface area contributed by atoms with Gasteiger partial charge in [-0.05, 0) is 36.8 Å². The van der Waals surface area contributed by atoms with E-state index in [9.17, 15) is 9.18 Å². The van der Waals surface area contributed by atoms with Gasteiger partial charge >= 0.3 is 5.97 Å². The smallest absolute Gasteiger partial charge is 0.335 e. The van der Waals surface area contributed by atoms with Crippen LogP contribution in [-0.2, 0) is 6.61 Å². The Hall–Kier alpha value is -2.87. The molecule has 1 N–H and O–H groups in total. The third-order valence-corrected chi connectivity index (χ3v) is 3.00. The van der Waals surface area contributed by atoms with Crippen LogP contribution < -0.4 is 4.74 Å². The number of ether oxygens (including phenoxy) is 1. The lowest BCUT2D eigenvalue weighted by Crippen LogP contribution is -2.02. The Labute approximate surface area is 121 Å². The molecular weight excluding hydrogens is 273 g/mol. The quantitative estimate of drug-likeness (QED) is 0.935. The third-order valence-electron chi connectivity index (χ3n) is 3.00. The predicted molar refractivity (Wildman–Crippen MR) is 73.6 cm³/mol. The fourth-order valence-corrected chi connectivity index (χ4v) is 1.88. The summed E-state index contributed by atoms with van der Waals surface area (Å²) in [7, 11) is 0. The number of halogens is 1. The molecular formula is C16H12FNO3. The van der Waals surface area contributed by atoms with Crippen molar-refractivity contribution < 1.29 is 19.0 Å². The molecule has 0 spiro atoms. The second-order valence-corrected chi connectivity index (χ2v) is 4.46. The molecule has 0 saturated heterocycles. The molecule has 0 unspecified atom stereocenters. The Kier molecular flexibility index (Phi) is 4.19. The molecule has 106 valence electrons. The molecule has 2 rings (SSSR count). The lowest BCUT2D eigenvalue weighted by atomic mass is 10.1. The van der Waals surface area contributed by atoms with Crippen LogP contribution in [0.3, 0.4) is 0 Å². The van der Waals surface area contributed by atoms with Crippen molar-refractivity contribution in [1.82, 2.24) is 0 Å². The molecule has 0 bridgehead atoms. The standard InChI is InChI=1S/C16H12FNO3/c1-10-7-11(16(19)20)5-6-14(10)21-9-13-4-2-3-12(8-18)15(13)17/h2-7H,9H2,1H3,(H,19,20). The Bertz CT molecular complexity index is 735. The van der Waals surface area contributed by atoms with Crippen molar-refractivity contribution in [3.8, 4) is 11.8 Å². The second kappa shape index (κ2) is 6.06. The van der Waals surface area contributed by atoms with Gasteiger partial charge in [0.2, 0.25) is 0 Å². The molecule has 0 atom stereocenters. The number of aromatic carboxylic acids is 1. The Morgan fingerprint density at radius 3 is 2.76 bits per heavy atom. The lowest BCUT2D eigenvalue weighted by molar-refractivity contribution is 0.0696. The van der Waals surface area contributed by atoms with Crippen molar-refractivity contribution in [2.45, 2.75) is 13.5 Å². The number of hydrogen-bond donors (Lipinski definition) is 1. The summed E-state index contributed by atoms with van der Waals surface area (Å²) in [5, 5.41) is 17.6. The Morgan fingerprint density at radius 1 is 1.38 bits per heavy atom. The van der Waals surface area contributed by atoms with E-state index in [0.29, 0.717) is 11.3 Å². The van der Waals surface area contributed by atoms with E-state index in [1.54, 1.807) is 19.1 Å². The number of carbonyl (C=O) groups is 1. The van der Waals surface area contributed by atoms with Crippen molar-refractivity contribution >= 4 is 5.97 Å². The van der Waals surface area contributed by atoms with Gasteiger partial charge in [-0.2, -0.15) is 5.26 Å². The van der Waals surface area contributed by atoms with E-state index in [1.807, 2.05) is 0 Å². The molecule has 0 aliphatic heterocycles. The molecule has 0 aromatic heterocycles. The summed E-state index contributed by atoms with van der Waals surface area (Å²) in [6.07, 6.45) is 0. The van der Waals surface area contributed by atoms with E-state index >= 15 is 0 Å². The highest BCUT2D eigenvalue weighted by Gasteiger charge is 2.10. The molecule has 0 aliphatic rings. The molecule has 0 radical (unpaired) electrons. The molecule has 4 nitrogen and oxygen atoms in total. The van der Waals surface area contributed by atoms with Gasteiger partial charge in [0.25, 0.3) is 0 Å². The highest BCUT2D eigenvalue weighted by Crippen LogP contribution is 2.21. The van der Waals surface area contributed by atoms with Crippen LogP contribution in [-0.4, -0.2) is 11.1 Å². The van der Waals surface area contributed by atoms with Crippen molar-refractivity contribution in [2.24, 2.45) is 0 Å². The van der Waals surface area contributed by atoms with Gasteiger partial charge in [-0.15, -0.1) is 0 Å². The van der Waals surface area contributed by atoms with Crippen molar-refractivity contribution in [3.05, 3.63) is 64.5 Å². The number of benzene rings is 2. The zero-order valence-corrected chi connectivity index (χ0v) is 11.3. The van der Waals surface area contributed by atoms with Crippen LogP contribution >= 0.6 is 0 Å². The van der Waals surface area contributed by atoms with Gasteiger partial charge in [0, 0.05) is 5.56 Å². The van der Waals surface area contributed by atoms with Gasteiger partial charge in [-0.3, -0.25) is 0 Å². The van der Waals surface area contributed by atoms with Crippen LogP contribution in [0.1, 0.15) is 27.0 Å². The highest BCUT2D eigenvalue weighted by atomic mass is 19.1. The van der Waals surface area contributed by atoms with Crippen molar-refractivity contribution in [2.75, 3.05) is 0 Å². The SMILES string of the molecule is Cc1cc(C(=O)O)ccc1OCc1cccc(C#N)c1F. The number of carboxylic acids is 1. The van der Waals surface area contributed by atoms with Crippen LogP contribution in [0.15, 0.2) is 36.4 Å². The first-order valence-electron chi connectivity index (χ1n) is 6.17. The molecule has 0 aliphatic carbocycles. The van der Waals surface area contributed by atoms with Crippen molar-refractivity contribution in [1.29, 1.82) is 5.26 Å². The molecule has 0 saturated carbocycles. The normalized spacial score (nSPS) is 9.95. The molecule has 2 aromatic rings. The minimum absolute atomic E-state index is 0.0331. The van der Waals surface area contributed by atoms with Gasteiger partial charge in [-0.1, -0.05) is 12.1 Å². The average Bonchev–Trinajstić information content (AvgIpc) is 2.47. The summed E-state index contributed by atoms with van der Waals surface area (Å²) in [6, 6.07) is 10.7. The largest absolute Gasteiger partial charge is 0.489 e. The summed E-state index contributed by atoms with van der Waals surface area (Å²) in [6.45, 7) is 1.68. The maximum absolute atomic E-state index is 13.9. The van der Waals surface area contributed by atoms with Gasteiger partial charge < -0.3 is 9.84 Å². The van der Waals surface area contributed by atoms with Crippen LogP contribution in [0.4, 0.5) is 4.39 Å². The molecule has 0 heterocycles. The zero-order chi connectivity index (χ0) is 15.4.